The van der Waals surface area contributed by atoms with Crippen molar-refractivity contribution in [3.63, 3.8) is 0 Å². The quantitative estimate of drug-likeness (QED) is 0.430. The summed E-state index contributed by atoms with van der Waals surface area (Å²) in [6, 6.07) is 0. The van der Waals surface area contributed by atoms with Gasteiger partial charge in [-0.05, 0) is 13.8 Å². The highest BCUT2D eigenvalue weighted by Crippen LogP contribution is 2.46. The zero-order valence-corrected chi connectivity index (χ0v) is 10.9. The van der Waals surface area contributed by atoms with E-state index in [1.54, 1.807) is 0 Å². The fourth-order valence-electron chi connectivity index (χ4n) is 1.25. The van der Waals surface area contributed by atoms with Crippen LogP contribution in [0.15, 0.2) is 0 Å². The van der Waals surface area contributed by atoms with Crippen LogP contribution in [0.2, 0.25) is 0 Å². The maximum Gasteiger partial charge on any atom is 0.430 e. The first-order valence-electron chi connectivity index (χ1n) is 5.43. The number of ether oxygens (including phenoxy) is 3. The van der Waals surface area contributed by atoms with Crippen LogP contribution in [0.5, 0.6) is 0 Å². The van der Waals surface area contributed by atoms with Gasteiger partial charge < -0.3 is 14.2 Å². The first-order valence-corrected chi connectivity index (χ1v) is 5.43. The molecule has 0 aliphatic rings. The van der Waals surface area contributed by atoms with Crippen molar-refractivity contribution in [2.75, 3.05) is 13.2 Å². The lowest BCUT2D eigenvalue weighted by atomic mass is 10.0. The summed E-state index contributed by atoms with van der Waals surface area (Å²) < 4.78 is 89.4. The Bertz CT molecular complexity index is 311. The summed E-state index contributed by atoms with van der Waals surface area (Å²) in [6.07, 6.45) is -13.5. The highest BCUT2D eigenvalue weighted by atomic mass is 19.4. The number of rotatable bonds is 6. The van der Waals surface area contributed by atoms with Gasteiger partial charge in [0.05, 0.1) is 0 Å². The zero-order chi connectivity index (χ0) is 16.2. The summed E-state index contributed by atoms with van der Waals surface area (Å²) in [5, 5.41) is 0. The lowest BCUT2D eigenvalue weighted by Crippen LogP contribution is -2.63. The van der Waals surface area contributed by atoms with Crippen molar-refractivity contribution in [1.82, 2.24) is 0 Å². The molecule has 0 aromatic rings. The Labute approximate surface area is 111 Å². The summed E-state index contributed by atoms with van der Waals surface area (Å²) in [6.45, 7) is 0.745. The molecule has 0 aromatic carbocycles. The van der Waals surface area contributed by atoms with Crippen molar-refractivity contribution in [2.45, 2.75) is 45.0 Å². The van der Waals surface area contributed by atoms with E-state index in [2.05, 4.69) is 14.2 Å². The fraction of sp³-hybridized carbons (Fsp3) is 0.900. The predicted octanol–water partition coefficient (Wildman–Crippen LogP) is 2.81. The van der Waals surface area contributed by atoms with Gasteiger partial charge in [0.15, 0.2) is 6.29 Å². The molecule has 1 unspecified atom stereocenters. The summed E-state index contributed by atoms with van der Waals surface area (Å²) >= 11 is 0. The lowest BCUT2D eigenvalue weighted by molar-refractivity contribution is -0.413. The van der Waals surface area contributed by atoms with Crippen LogP contribution < -0.4 is 0 Å². The molecule has 0 heterocycles. The zero-order valence-electron chi connectivity index (χ0n) is 10.9. The molecule has 0 aliphatic heterocycles. The van der Waals surface area contributed by atoms with Gasteiger partial charge >= 0.3 is 18.3 Å². The molecule has 0 aromatic heterocycles. The van der Waals surface area contributed by atoms with Gasteiger partial charge in [0.2, 0.25) is 0 Å². The van der Waals surface area contributed by atoms with Crippen molar-refractivity contribution in [2.24, 2.45) is 0 Å². The molecular weight excluding hydrogens is 298 g/mol. The standard InChI is InChI=1S/C10H14F6O4/c1-4-18-7(3)20-8(9(11,12)13,10(14,15)16)5-19-6(2)17/h7H,4-5H2,1-3H3. The van der Waals surface area contributed by atoms with Gasteiger partial charge in [-0.15, -0.1) is 0 Å². The minimum absolute atomic E-state index is 0.152. The summed E-state index contributed by atoms with van der Waals surface area (Å²) in [5.74, 6) is -1.30. The maximum absolute atomic E-state index is 12.8. The van der Waals surface area contributed by atoms with E-state index in [1.807, 2.05) is 0 Å². The van der Waals surface area contributed by atoms with Crippen LogP contribution >= 0.6 is 0 Å². The molecule has 120 valence electrons. The molecule has 0 bridgehead atoms. The summed E-state index contributed by atoms with van der Waals surface area (Å²) in [7, 11) is 0. The molecular formula is C10H14F6O4. The highest BCUT2D eigenvalue weighted by molar-refractivity contribution is 5.66. The number of halogens is 6. The van der Waals surface area contributed by atoms with E-state index in [0.29, 0.717) is 6.92 Å². The number of esters is 1. The topological polar surface area (TPSA) is 44.8 Å². The number of alkyl halides is 6. The SMILES string of the molecule is CCOC(C)OC(COC(C)=O)(C(F)(F)F)C(F)(F)F. The second-order valence-corrected chi connectivity index (χ2v) is 3.74. The number of hydrogen-bond acceptors (Lipinski definition) is 4. The van der Waals surface area contributed by atoms with Crippen molar-refractivity contribution < 1.29 is 45.3 Å². The minimum atomic E-state index is -5.84. The lowest BCUT2D eigenvalue weighted by Gasteiger charge is -2.37. The van der Waals surface area contributed by atoms with Gasteiger partial charge in [-0.1, -0.05) is 0 Å². The van der Waals surface area contributed by atoms with Crippen LogP contribution in [0.4, 0.5) is 26.3 Å². The second kappa shape index (κ2) is 6.61. The Kier molecular flexibility index (Phi) is 6.27. The second-order valence-electron chi connectivity index (χ2n) is 3.74. The smallest absolute Gasteiger partial charge is 0.430 e. The molecule has 0 saturated carbocycles. The molecule has 0 aliphatic carbocycles. The van der Waals surface area contributed by atoms with Crippen LogP contribution in [0.25, 0.3) is 0 Å². The third-order valence-electron chi connectivity index (χ3n) is 2.16. The predicted molar refractivity (Wildman–Crippen MR) is 53.6 cm³/mol. The van der Waals surface area contributed by atoms with Gasteiger partial charge in [0.1, 0.15) is 6.61 Å². The molecule has 0 amide bonds. The molecule has 0 spiro atoms. The molecule has 0 rings (SSSR count). The third kappa shape index (κ3) is 4.51. The number of hydrogen-bond donors (Lipinski definition) is 0. The number of carbonyl (C=O) groups excluding carboxylic acids is 1. The maximum atomic E-state index is 12.8. The Morgan fingerprint density at radius 1 is 1.10 bits per heavy atom. The largest absolute Gasteiger partial charge is 0.462 e. The summed E-state index contributed by atoms with van der Waals surface area (Å²) in [4.78, 5) is 10.5. The van der Waals surface area contributed by atoms with Gasteiger partial charge in [-0.2, -0.15) is 26.3 Å². The molecule has 4 nitrogen and oxygen atoms in total. The van der Waals surface area contributed by atoms with E-state index in [-0.39, 0.29) is 6.61 Å². The average molecular weight is 312 g/mol. The Balaban J connectivity index is 5.51. The minimum Gasteiger partial charge on any atom is -0.462 e. The fourth-order valence-corrected chi connectivity index (χ4v) is 1.25. The Morgan fingerprint density at radius 3 is 1.85 bits per heavy atom. The molecule has 0 radical (unpaired) electrons. The molecule has 0 N–H and O–H groups in total. The monoisotopic (exact) mass is 312 g/mol. The van der Waals surface area contributed by atoms with Gasteiger partial charge in [0.25, 0.3) is 5.60 Å². The average Bonchev–Trinajstić information content (AvgIpc) is 2.20. The van der Waals surface area contributed by atoms with E-state index in [4.69, 9.17) is 0 Å². The Morgan fingerprint density at radius 2 is 1.55 bits per heavy atom. The van der Waals surface area contributed by atoms with Crippen LogP contribution in [-0.4, -0.2) is 43.4 Å². The van der Waals surface area contributed by atoms with Crippen molar-refractivity contribution >= 4 is 5.97 Å². The Hall–Kier alpha value is -1.03. The van der Waals surface area contributed by atoms with Crippen LogP contribution in [0, 0.1) is 0 Å². The highest BCUT2D eigenvalue weighted by Gasteiger charge is 2.74. The van der Waals surface area contributed by atoms with Gasteiger partial charge in [0, 0.05) is 13.5 Å². The molecule has 0 saturated heterocycles. The van der Waals surface area contributed by atoms with Crippen LogP contribution in [0.1, 0.15) is 20.8 Å². The number of carbonyl (C=O) groups is 1. The van der Waals surface area contributed by atoms with E-state index in [1.165, 1.54) is 6.92 Å². The normalized spacial score (nSPS) is 15.1. The van der Waals surface area contributed by atoms with E-state index in [9.17, 15) is 31.1 Å². The molecule has 20 heavy (non-hydrogen) atoms. The van der Waals surface area contributed by atoms with Crippen LogP contribution in [0.3, 0.4) is 0 Å². The first-order chi connectivity index (χ1) is 8.87. The van der Waals surface area contributed by atoms with Crippen molar-refractivity contribution in [3.8, 4) is 0 Å². The van der Waals surface area contributed by atoms with Crippen molar-refractivity contribution in [1.29, 1.82) is 0 Å². The van der Waals surface area contributed by atoms with E-state index < -0.39 is 36.8 Å². The van der Waals surface area contributed by atoms with Gasteiger partial charge in [-0.25, -0.2) is 0 Å². The third-order valence-corrected chi connectivity index (χ3v) is 2.16. The molecule has 10 heteroatoms. The van der Waals surface area contributed by atoms with Crippen molar-refractivity contribution in [3.05, 3.63) is 0 Å². The van der Waals surface area contributed by atoms with E-state index >= 15 is 0 Å². The van der Waals surface area contributed by atoms with E-state index in [0.717, 1.165) is 6.92 Å². The van der Waals surface area contributed by atoms with Crippen LogP contribution in [-0.2, 0) is 19.0 Å². The molecule has 0 fully saturated rings. The summed E-state index contributed by atoms with van der Waals surface area (Å²) in [5.41, 5.74) is -4.64. The molecule has 1 atom stereocenters. The van der Waals surface area contributed by atoms with Gasteiger partial charge in [-0.3, -0.25) is 4.79 Å². The first kappa shape index (κ1) is 19.0.